The third kappa shape index (κ3) is 7.06. The molecule has 1 heteroatoms. The van der Waals surface area contributed by atoms with Gasteiger partial charge in [-0.1, -0.05) is 33.6 Å². The summed E-state index contributed by atoms with van der Waals surface area (Å²) in [6.45, 7) is 10.3. The molecule has 0 aliphatic heterocycles. The van der Waals surface area contributed by atoms with Gasteiger partial charge in [0.05, 0.1) is 0 Å². The van der Waals surface area contributed by atoms with E-state index < -0.39 is 0 Å². The molecule has 1 unspecified atom stereocenters. The van der Waals surface area contributed by atoms with E-state index in [1.807, 2.05) is 0 Å². The van der Waals surface area contributed by atoms with Crippen LogP contribution in [0, 0.1) is 5.92 Å². The fraction of sp³-hybridized carbons (Fsp3) is 1.00. The summed E-state index contributed by atoms with van der Waals surface area (Å²) in [5.41, 5.74) is 0. The number of rotatable bonds is 8. The summed E-state index contributed by atoms with van der Waals surface area (Å²) in [6.07, 6.45) is 6.67. The van der Waals surface area contributed by atoms with Crippen molar-refractivity contribution in [2.24, 2.45) is 5.92 Å². The predicted octanol–water partition coefficient (Wildman–Crippen LogP) is 3.59. The minimum absolute atomic E-state index is 0.709. The lowest BCUT2D eigenvalue weighted by Gasteiger charge is -2.17. The first-order chi connectivity index (χ1) is 6.24. The third-order valence-corrected chi connectivity index (χ3v) is 2.91. The SMILES string of the molecule is CCCNC(C)CCC(CC)CC. The van der Waals surface area contributed by atoms with E-state index in [1.54, 1.807) is 0 Å². The van der Waals surface area contributed by atoms with E-state index in [0.29, 0.717) is 6.04 Å². The molecule has 0 heterocycles. The van der Waals surface area contributed by atoms with Gasteiger partial charge in [0.2, 0.25) is 0 Å². The lowest BCUT2D eigenvalue weighted by atomic mass is 9.95. The topological polar surface area (TPSA) is 12.0 Å². The smallest absolute Gasteiger partial charge is 0.00388 e. The lowest BCUT2D eigenvalue weighted by Crippen LogP contribution is -2.27. The van der Waals surface area contributed by atoms with Gasteiger partial charge >= 0.3 is 0 Å². The highest BCUT2D eigenvalue weighted by Gasteiger charge is 2.06. The van der Waals surface area contributed by atoms with E-state index in [2.05, 4.69) is 33.0 Å². The molecule has 80 valence electrons. The molecule has 13 heavy (non-hydrogen) atoms. The molecular formula is C12H27N. The van der Waals surface area contributed by atoms with Gasteiger partial charge in [-0.25, -0.2) is 0 Å². The first kappa shape index (κ1) is 13.0. The molecule has 0 saturated heterocycles. The van der Waals surface area contributed by atoms with E-state index in [4.69, 9.17) is 0 Å². The zero-order valence-corrected chi connectivity index (χ0v) is 9.90. The molecule has 0 amide bonds. The van der Waals surface area contributed by atoms with Crippen LogP contribution in [0.15, 0.2) is 0 Å². The summed E-state index contributed by atoms with van der Waals surface area (Å²) < 4.78 is 0. The van der Waals surface area contributed by atoms with Crippen LogP contribution in [0.25, 0.3) is 0 Å². The summed E-state index contributed by atoms with van der Waals surface area (Å²) in [4.78, 5) is 0. The van der Waals surface area contributed by atoms with Gasteiger partial charge in [0.1, 0.15) is 0 Å². The van der Waals surface area contributed by atoms with Crippen LogP contribution in [-0.2, 0) is 0 Å². The molecule has 0 rings (SSSR count). The largest absolute Gasteiger partial charge is 0.314 e. The maximum atomic E-state index is 3.54. The molecule has 1 nitrogen and oxygen atoms in total. The van der Waals surface area contributed by atoms with Crippen LogP contribution in [0.4, 0.5) is 0 Å². The lowest BCUT2D eigenvalue weighted by molar-refractivity contribution is 0.396. The van der Waals surface area contributed by atoms with Crippen molar-refractivity contribution >= 4 is 0 Å². The molecule has 0 fully saturated rings. The highest BCUT2D eigenvalue weighted by molar-refractivity contribution is 4.63. The Bertz CT molecular complexity index is 97.3. The maximum Gasteiger partial charge on any atom is 0.00388 e. The normalized spacial score (nSPS) is 13.6. The number of nitrogens with one attached hydrogen (secondary N) is 1. The summed E-state index contributed by atoms with van der Waals surface area (Å²) in [7, 11) is 0. The van der Waals surface area contributed by atoms with Crippen molar-refractivity contribution in [3.8, 4) is 0 Å². The minimum Gasteiger partial charge on any atom is -0.314 e. The zero-order valence-electron chi connectivity index (χ0n) is 9.90. The monoisotopic (exact) mass is 185 g/mol. The highest BCUT2D eigenvalue weighted by Crippen LogP contribution is 2.15. The van der Waals surface area contributed by atoms with E-state index in [0.717, 1.165) is 5.92 Å². The Hall–Kier alpha value is -0.0400. The van der Waals surface area contributed by atoms with Crippen LogP contribution in [0.1, 0.15) is 59.8 Å². The van der Waals surface area contributed by atoms with Gasteiger partial charge in [-0.15, -0.1) is 0 Å². The Morgan fingerprint density at radius 2 is 1.62 bits per heavy atom. The van der Waals surface area contributed by atoms with Crippen molar-refractivity contribution in [3.05, 3.63) is 0 Å². The quantitative estimate of drug-likeness (QED) is 0.609. The Morgan fingerprint density at radius 1 is 1.00 bits per heavy atom. The molecule has 1 atom stereocenters. The first-order valence-electron chi connectivity index (χ1n) is 5.97. The van der Waals surface area contributed by atoms with Crippen LogP contribution in [-0.4, -0.2) is 12.6 Å². The predicted molar refractivity (Wildman–Crippen MR) is 61.1 cm³/mol. The van der Waals surface area contributed by atoms with Crippen molar-refractivity contribution in [2.45, 2.75) is 65.8 Å². The molecule has 0 bridgehead atoms. The number of hydrogen-bond acceptors (Lipinski definition) is 1. The van der Waals surface area contributed by atoms with Crippen molar-refractivity contribution in [2.75, 3.05) is 6.54 Å². The van der Waals surface area contributed by atoms with Crippen LogP contribution in [0.3, 0.4) is 0 Å². The maximum absolute atomic E-state index is 3.54. The highest BCUT2D eigenvalue weighted by atomic mass is 14.9. The van der Waals surface area contributed by atoms with Crippen LogP contribution < -0.4 is 5.32 Å². The Labute approximate surface area is 84.3 Å². The molecular weight excluding hydrogens is 158 g/mol. The van der Waals surface area contributed by atoms with E-state index in [9.17, 15) is 0 Å². The van der Waals surface area contributed by atoms with Crippen molar-refractivity contribution in [1.82, 2.24) is 5.32 Å². The third-order valence-electron chi connectivity index (χ3n) is 2.91. The van der Waals surface area contributed by atoms with Crippen molar-refractivity contribution in [3.63, 3.8) is 0 Å². The van der Waals surface area contributed by atoms with Crippen molar-refractivity contribution < 1.29 is 0 Å². The molecule has 1 N–H and O–H groups in total. The average molecular weight is 185 g/mol. The van der Waals surface area contributed by atoms with Gasteiger partial charge in [0, 0.05) is 6.04 Å². The Balaban J connectivity index is 3.38. The molecule has 0 spiro atoms. The molecule has 0 aliphatic carbocycles. The van der Waals surface area contributed by atoms with Gasteiger partial charge in [0.25, 0.3) is 0 Å². The molecule has 0 aliphatic rings. The summed E-state index contributed by atoms with van der Waals surface area (Å²) in [5.74, 6) is 0.950. The number of hydrogen-bond donors (Lipinski definition) is 1. The van der Waals surface area contributed by atoms with E-state index in [1.165, 1.54) is 38.6 Å². The Morgan fingerprint density at radius 3 is 2.08 bits per heavy atom. The summed E-state index contributed by atoms with van der Waals surface area (Å²) in [6, 6.07) is 0.709. The van der Waals surface area contributed by atoms with E-state index in [-0.39, 0.29) is 0 Å². The van der Waals surface area contributed by atoms with Gasteiger partial charge in [0.15, 0.2) is 0 Å². The van der Waals surface area contributed by atoms with Gasteiger partial charge < -0.3 is 5.32 Å². The van der Waals surface area contributed by atoms with Crippen LogP contribution in [0.2, 0.25) is 0 Å². The second-order valence-corrected chi connectivity index (χ2v) is 4.12. The van der Waals surface area contributed by atoms with Crippen LogP contribution >= 0.6 is 0 Å². The molecule has 0 aromatic rings. The Kier molecular flexibility index (Phi) is 8.53. The minimum atomic E-state index is 0.709. The van der Waals surface area contributed by atoms with Crippen molar-refractivity contribution in [1.29, 1.82) is 0 Å². The standard InChI is InChI=1S/C12H27N/c1-5-10-13-11(4)8-9-12(6-2)7-3/h11-13H,5-10H2,1-4H3. The molecule has 0 radical (unpaired) electrons. The van der Waals surface area contributed by atoms with Gasteiger partial charge in [-0.2, -0.15) is 0 Å². The fourth-order valence-electron chi connectivity index (χ4n) is 1.68. The first-order valence-corrected chi connectivity index (χ1v) is 5.97. The van der Waals surface area contributed by atoms with Gasteiger partial charge in [-0.3, -0.25) is 0 Å². The summed E-state index contributed by atoms with van der Waals surface area (Å²) >= 11 is 0. The molecule has 0 saturated carbocycles. The fourth-order valence-corrected chi connectivity index (χ4v) is 1.68. The second kappa shape index (κ2) is 8.55. The molecule has 0 aromatic carbocycles. The average Bonchev–Trinajstić information content (AvgIpc) is 2.16. The van der Waals surface area contributed by atoms with Crippen LogP contribution in [0.5, 0.6) is 0 Å². The van der Waals surface area contributed by atoms with E-state index >= 15 is 0 Å². The molecule has 0 aromatic heterocycles. The zero-order chi connectivity index (χ0) is 10.1. The van der Waals surface area contributed by atoms with Gasteiger partial charge in [-0.05, 0) is 38.6 Å². The summed E-state index contributed by atoms with van der Waals surface area (Å²) in [5, 5.41) is 3.54. The second-order valence-electron chi connectivity index (χ2n) is 4.12.